The monoisotopic (exact) mass is 294 g/mol. The highest BCUT2D eigenvalue weighted by molar-refractivity contribution is 5.95. The maximum Gasteiger partial charge on any atom is 0.309 e. The Labute approximate surface area is 122 Å². The van der Waals surface area contributed by atoms with E-state index in [1.54, 1.807) is 19.9 Å². The highest BCUT2D eigenvalue weighted by atomic mass is 16.6. The molecule has 0 aliphatic rings. The van der Waals surface area contributed by atoms with E-state index >= 15 is 0 Å². The lowest BCUT2D eigenvalue weighted by Crippen LogP contribution is -2.29. The van der Waals surface area contributed by atoms with Gasteiger partial charge in [0, 0.05) is 18.1 Å². The molecule has 0 bridgehead atoms. The molecule has 1 amide bonds. The van der Waals surface area contributed by atoms with Crippen LogP contribution in [0.5, 0.6) is 0 Å². The molecule has 0 unspecified atom stereocenters. The van der Waals surface area contributed by atoms with Crippen LogP contribution in [0.25, 0.3) is 0 Å². The van der Waals surface area contributed by atoms with E-state index in [2.05, 4.69) is 5.32 Å². The van der Waals surface area contributed by atoms with Crippen LogP contribution in [0.4, 0.5) is 11.4 Å². The molecule has 0 saturated carbocycles. The van der Waals surface area contributed by atoms with E-state index in [1.165, 1.54) is 19.9 Å². The van der Waals surface area contributed by atoms with Crippen LogP contribution in [-0.2, 0) is 9.59 Å². The van der Waals surface area contributed by atoms with Gasteiger partial charge < -0.3 is 10.4 Å². The summed E-state index contributed by atoms with van der Waals surface area (Å²) in [6, 6.07) is 2.90. The third-order valence-corrected chi connectivity index (χ3v) is 3.20. The number of aliphatic carboxylic acids is 1. The van der Waals surface area contributed by atoms with Crippen molar-refractivity contribution in [2.45, 2.75) is 34.1 Å². The molecule has 0 aliphatic carbocycles. The first kappa shape index (κ1) is 16.6. The van der Waals surface area contributed by atoms with Gasteiger partial charge in [-0.05, 0) is 39.3 Å². The van der Waals surface area contributed by atoms with E-state index in [9.17, 15) is 19.7 Å². The Hall–Kier alpha value is -2.44. The van der Waals surface area contributed by atoms with Gasteiger partial charge in [0.15, 0.2) is 0 Å². The molecule has 0 heterocycles. The van der Waals surface area contributed by atoms with Crippen LogP contribution >= 0.6 is 0 Å². The third-order valence-electron chi connectivity index (χ3n) is 3.20. The fraction of sp³-hybridized carbons (Fsp3) is 0.429. The molecule has 1 aromatic carbocycles. The van der Waals surface area contributed by atoms with E-state index in [-0.39, 0.29) is 12.1 Å². The zero-order valence-electron chi connectivity index (χ0n) is 12.4. The number of nitrogens with zero attached hydrogens (tertiary/aromatic N) is 1. The molecule has 7 nitrogen and oxygen atoms in total. The van der Waals surface area contributed by atoms with Gasteiger partial charge in [-0.1, -0.05) is 0 Å². The lowest BCUT2D eigenvalue weighted by Gasteiger charge is -2.18. The first-order valence-electron chi connectivity index (χ1n) is 6.33. The number of hydrogen-bond acceptors (Lipinski definition) is 4. The second-order valence-corrected chi connectivity index (χ2v) is 5.62. The number of carbonyl (C=O) groups is 2. The van der Waals surface area contributed by atoms with Crippen molar-refractivity contribution >= 4 is 23.3 Å². The molecule has 2 N–H and O–H groups in total. The summed E-state index contributed by atoms with van der Waals surface area (Å²) in [5, 5.41) is 22.4. The van der Waals surface area contributed by atoms with Gasteiger partial charge >= 0.3 is 5.97 Å². The van der Waals surface area contributed by atoms with Crippen molar-refractivity contribution in [1.29, 1.82) is 0 Å². The molecule has 0 spiro atoms. The van der Waals surface area contributed by atoms with Crippen LogP contribution in [0.1, 0.15) is 31.4 Å². The fourth-order valence-corrected chi connectivity index (χ4v) is 1.84. The molecule has 1 aromatic rings. The van der Waals surface area contributed by atoms with E-state index < -0.39 is 22.2 Å². The second-order valence-electron chi connectivity index (χ2n) is 5.62. The first-order chi connectivity index (χ1) is 9.54. The third kappa shape index (κ3) is 4.01. The average Bonchev–Trinajstić information content (AvgIpc) is 2.31. The number of amides is 1. The molecule has 114 valence electrons. The Kier molecular flexibility index (Phi) is 4.67. The van der Waals surface area contributed by atoms with Gasteiger partial charge in [-0.15, -0.1) is 0 Å². The number of hydrogen-bond donors (Lipinski definition) is 2. The summed E-state index contributed by atoms with van der Waals surface area (Å²) in [6.07, 6.45) is -0.219. The zero-order chi connectivity index (χ0) is 16.4. The maximum atomic E-state index is 11.9. The van der Waals surface area contributed by atoms with Crippen LogP contribution in [0.2, 0.25) is 0 Å². The lowest BCUT2D eigenvalue weighted by molar-refractivity contribution is -0.385. The van der Waals surface area contributed by atoms with Crippen molar-refractivity contribution in [2.75, 3.05) is 5.32 Å². The summed E-state index contributed by atoms with van der Waals surface area (Å²) < 4.78 is 0. The maximum absolute atomic E-state index is 11.9. The molecule has 0 radical (unpaired) electrons. The number of aryl methyl sites for hydroxylation is 2. The number of carboxylic acids is 1. The minimum atomic E-state index is -1.20. The van der Waals surface area contributed by atoms with Gasteiger partial charge in [-0.3, -0.25) is 19.7 Å². The SMILES string of the molecule is Cc1cc(C)c([N+](=O)[O-])cc1NC(=O)CC(C)(C)C(=O)O. The van der Waals surface area contributed by atoms with Gasteiger partial charge in [0.2, 0.25) is 5.91 Å². The Morgan fingerprint density at radius 3 is 2.33 bits per heavy atom. The Morgan fingerprint density at radius 2 is 1.86 bits per heavy atom. The highest BCUT2D eigenvalue weighted by Crippen LogP contribution is 2.27. The molecular weight excluding hydrogens is 276 g/mol. The van der Waals surface area contributed by atoms with Crippen LogP contribution in [0, 0.1) is 29.4 Å². The minimum Gasteiger partial charge on any atom is -0.481 e. The average molecular weight is 294 g/mol. The molecule has 0 saturated heterocycles. The van der Waals surface area contributed by atoms with Crippen molar-refractivity contribution in [3.05, 3.63) is 33.4 Å². The van der Waals surface area contributed by atoms with Crippen molar-refractivity contribution < 1.29 is 19.6 Å². The topological polar surface area (TPSA) is 110 Å². The van der Waals surface area contributed by atoms with Crippen molar-refractivity contribution in [1.82, 2.24) is 0 Å². The summed E-state index contributed by atoms with van der Waals surface area (Å²) in [4.78, 5) is 33.3. The molecule has 0 aromatic heterocycles. The molecule has 0 aliphatic heterocycles. The normalized spacial score (nSPS) is 11.0. The number of carbonyl (C=O) groups excluding carboxylic acids is 1. The van der Waals surface area contributed by atoms with Crippen molar-refractivity contribution in [3.63, 3.8) is 0 Å². The Morgan fingerprint density at radius 1 is 1.29 bits per heavy atom. The van der Waals surface area contributed by atoms with Gasteiger partial charge in [0.1, 0.15) is 0 Å². The van der Waals surface area contributed by atoms with Crippen LogP contribution in [0.15, 0.2) is 12.1 Å². The van der Waals surface area contributed by atoms with Gasteiger partial charge in [-0.25, -0.2) is 0 Å². The Bertz CT molecular complexity index is 608. The number of carboxylic acid groups (broad SMARTS) is 1. The van der Waals surface area contributed by atoms with Crippen LogP contribution < -0.4 is 5.32 Å². The minimum absolute atomic E-state index is 0.0894. The van der Waals surface area contributed by atoms with Crippen molar-refractivity contribution in [2.24, 2.45) is 5.41 Å². The summed E-state index contributed by atoms with van der Waals surface area (Å²) in [5.74, 6) is -1.58. The van der Waals surface area contributed by atoms with Gasteiger partial charge in [0.25, 0.3) is 5.69 Å². The fourth-order valence-electron chi connectivity index (χ4n) is 1.84. The number of nitrogens with one attached hydrogen (secondary N) is 1. The largest absolute Gasteiger partial charge is 0.481 e. The standard InChI is InChI=1S/C14H18N2O5/c1-8-5-9(2)11(16(20)21)6-10(8)15-12(17)7-14(3,4)13(18)19/h5-6H,7H2,1-4H3,(H,15,17)(H,18,19). The number of anilines is 1. The molecule has 0 atom stereocenters. The predicted octanol–water partition coefficient (Wildman–Crippen LogP) is 2.65. The van der Waals surface area contributed by atoms with E-state index in [1.807, 2.05) is 0 Å². The summed E-state index contributed by atoms with van der Waals surface area (Å²) >= 11 is 0. The molecule has 21 heavy (non-hydrogen) atoms. The quantitative estimate of drug-likeness (QED) is 0.640. The molecule has 7 heteroatoms. The Balaban J connectivity index is 2.98. The van der Waals surface area contributed by atoms with Crippen molar-refractivity contribution in [3.8, 4) is 0 Å². The highest BCUT2D eigenvalue weighted by Gasteiger charge is 2.30. The summed E-state index contributed by atoms with van der Waals surface area (Å²) in [6.45, 7) is 6.22. The smallest absolute Gasteiger partial charge is 0.309 e. The lowest BCUT2D eigenvalue weighted by atomic mass is 9.89. The summed E-state index contributed by atoms with van der Waals surface area (Å²) in [5.41, 5.74) is 0.210. The van der Waals surface area contributed by atoms with Gasteiger partial charge in [0.05, 0.1) is 16.0 Å². The number of nitro benzene ring substituents is 1. The molecule has 1 rings (SSSR count). The first-order valence-corrected chi connectivity index (χ1v) is 6.33. The van der Waals surface area contributed by atoms with E-state index in [0.717, 1.165) is 0 Å². The number of benzene rings is 1. The van der Waals surface area contributed by atoms with Crippen LogP contribution in [0.3, 0.4) is 0 Å². The number of rotatable bonds is 5. The number of nitro groups is 1. The van der Waals surface area contributed by atoms with E-state index in [4.69, 9.17) is 5.11 Å². The van der Waals surface area contributed by atoms with Gasteiger partial charge in [-0.2, -0.15) is 0 Å². The second kappa shape index (κ2) is 5.90. The molecule has 0 fully saturated rings. The zero-order valence-corrected chi connectivity index (χ0v) is 12.4. The van der Waals surface area contributed by atoms with Crippen LogP contribution in [-0.4, -0.2) is 21.9 Å². The van der Waals surface area contributed by atoms with E-state index in [0.29, 0.717) is 16.8 Å². The molecular formula is C14H18N2O5. The predicted molar refractivity (Wildman–Crippen MR) is 77.2 cm³/mol. The summed E-state index contributed by atoms with van der Waals surface area (Å²) in [7, 11) is 0.